The minimum absolute atomic E-state index is 0.310. The van der Waals surface area contributed by atoms with Crippen molar-refractivity contribution in [2.75, 3.05) is 20.8 Å². The number of carbonyl (C=O) groups excluding carboxylic acids is 1. The summed E-state index contributed by atoms with van der Waals surface area (Å²) in [6.07, 6.45) is 4.90. The second-order valence-corrected chi connectivity index (χ2v) is 7.06. The lowest BCUT2D eigenvalue weighted by molar-refractivity contribution is 0.0950. The van der Waals surface area contributed by atoms with Gasteiger partial charge in [0.25, 0.3) is 5.91 Å². The van der Waals surface area contributed by atoms with Crippen molar-refractivity contribution < 1.29 is 19.0 Å². The maximum atomic E-state index is 12.4. The summed E-state index contributed by atoms with van der Waals surface area (Å²) in [7, 11) is 3.13. The van der Waals surface area contributed by atoms with Crippen LogP contribution in [0.1, 0.15) is 42.2 Å². The molecular weight excluding hydrogens is 408 g/mol. The molecule has 8 heteroatoms. The Kier molecular flexibility index (Phi) is 8.25. The zero-order chi connectivity index (χ0) is 22.8. The third-order valence-electron chi connectivity index (χ3n) is 4.78. The van der Waals surface area contributed by atoms with Gasteiger partial charge in [-0.1, -0.05) is 19.8 Å². The van der Waals surface area contributed by atoms with Crippen LogP contribution >= 0.6 is 0 Å². The summed E-state index contributed by atoms with van der Waals surface area (Å²) in [5.74, 6) is 1.63. The van der Waals surface area contributed by atoms with Crippen molar-refractivity contribution in [1.82, 2.24) is 15.6 Å². The van der Waals surface area contributed by atoms with Crippen molar-refractivity contribution in [2.45, 2.75) is 26.2 Å². The third kappa shape index (κ3) is 6.10. The highest BCUT2D eigenvalue weighted by Crippen LogP contribution is 2.27. The Labute approximate surface area is 187 Å². The van der Waals surface area contributed by atoms with Gasteiger partial charge in [0, 0.05) is 5.56 Å². The van der Waals surface area contributed by atoms with Gasteiger partial charge in [-0.2, -0.15) is 10.2 Å². The van der Waals surface area contributed by atoms with E-state index in [1.54, 1.807) is 32.4 Å². The van der Waals surface area contributed by atoms with Gasteiger partial charge in [0.2, 0.25) is 0 Å². The van der Waals surface area contributed by atoms with Crippen molar-refractivity contribution in [3.8, 4) is 28.5 Å². The molecule has 3 aromatic rings. The van der Waals surface area contributed by atoms with Crippen LogP contribution in [0.25, 0.3) is 11.3 Å². The van der Waals surface area contributed by atoms with E-state index in [2.05, 4.69) is 27.6 Å². The van der Waals surface area contributed by atoms with Gasteiger partial charge in [0.05, 0.1) is 32.7 Å². The fourth-order valence-electron chi connectivity index (χ4n) is 3.01. The number of benzene rings is 2. The summed E-state index contributed by atoms with van der Waals surface area (Å²) in [5, 5.41) is 11.0. The van der Waals surface area contributed by atoms with Crippen LogP contribution in [0, 0.1) is 0 Å². The van der Waals surface area contributed by atoms with Crippen LogP contribution in [-0.4, -0.2) is 43.1 Å². The molecule has 0 atom stereocenters. The molecule has 168 valence electrons. The molecule has 0 spiro atoms. The van der Waals surface area contributed by atoms with Crippen molar-refractivity contribution >= 4 is 12.1 Å². The van der Waals surface area contributed by atoms with E-state index in [0.717, 1.165) is 29.7 Å². The first kappa shape index (κ1) is 22.9. The van der Waals surface area contributed by atoms with E-state index in [4.69, 9.17) is 14.2 Å². The molecule has 1 aromatic heterocycles. The molecular formula is C24H28N4O4. The number of ether oxygens (including phenoxy) is 3. The molecule has 2 aromatic carbocycles. The fourth-order valence-corrected chi connectivity index (χ4v) is 3.01. The summed E-state index contributed by atoms with van der Waals surface area (Å²) in [4.78, 5) is 12.4. The molecule has 8 nitrogen and oxygen atoms in total. The number of amides is 1. The SMILES string of the molecule is CCCCCOc1ccc(-c2cc(C(=O)N/N=C\c3ccc(OC)c(OC)c3)[nH]n2)cc1. The zero-order valence-electron chi connectivity index (χ0n) is 18.6. The molecule has 0 unspecified atom stereocenters. The topological polar surface area (TPSA) is 97.8 Å². The van der Waals surface area contributed by atoms with Crippen LogP contribution in [0.3, 0.4) is 0 Å². The first-order valence-corrected chi connectivity index (χ1v) is 10.5. The first-order valence-electron chi connectivity index (χ1n) is 10.5. The number of H-pyrrole nitrogens is 1. The lowest BCUT2D eigenvalue weighted by Gasteiger charge is -2.07. The van der Waals surface area contributed by atoms with Crippen LogP contribution in [0.4, 0.5) is 0 Å². The molecule has 0 radical (unpaired) electrons. The standard InChI is InChI=1S/C24H28N4O4/c1-4-5-6-13-32-19-10-8-18(9-11-19)20-15-21(27-26-20)24(29)28-25-16-17-7-12-22(30-2)23(14-17)31-3/h7-12,14-16H,4-6,13H2,1-3H3,(H,26,27)(H,28,29)/b25-16-. The average Bonchev–Trinajstić information content (AvgIpc) is 3.32. The number of nitrogens with one attached hydrogen (secondary N) is 2. The Bertz CT molecular complexity index is 1040. The summed E-state index contributed by atoms with van der Waals surface area (Å²) in [6, 6.07) is 14.7. The van der Waals surface area contributed by atoms with Crippen molar-refractivity contribution in [3.63, 3.8) is 0 Å². The van der Waals surface area contributed by atoms with Gasteiger partial charge in [-0.15, -0.1) is 0 Å². The van der Waals surface area contributed by atoms with E-state index < -0.39 is 5.91 Å². The van der Waals surface area contributed by atoms with E-state index in [-0.39, 0.29) is 0 Å². The van der Waals surface area contributed by atoms with E-state index in [0.29, 0.717) is 29.5 Å². The molecule has 2 N–H and O–H groups in total. The zero-order valence-corrected chi connectivity index (χ0v) is 18.6. The molecule has 0 fully saturated rings. The molecule has 0 saturated heterocycles. The number of methoxy groups -OCH3 is 2. The highest BCUT2D eigenvalue weighted by molar-refractivity contribution is 5.94. The number of hydrazone groups is 1. The molecule has 1 heterocycles. The maximum absolute atomic E-state index is 12.4. The van der Waals surface area contributed by atoms with E-state index in [1.807, 2.05) is 30.3 Å². The van der Waals surface area contributed by atoms with E-state index >= 15 is 0 Å². The fraction of sp³-hybridized carbons (Fsp3) is 0.292. The molecule has 0 aliphatic rings. The lowest BCUT2D eigenvalue weighted by atomic mass is 10.1. The van der Waals surface area contributed by atoms with Gasteiger partial charge in [0.1, 0.15) is 11.4 Å². The highest BCUT2D eigenvalue weighted by atomic mass is 16.5. The summed E-state index contributed by atoms with van der Waals surface area (Å²) >= 11 is 0. The number of aromatic nitrogens is 2. The Morgan fingerprint density at radius 3 is 2.56 bits per heavy atom. The van der Waals surface area contributed by atoms with Crippen LogP contribution in [-0.2, 0) is 0 Å². The minimum atomic E-state index is -0.392. The Morgan fingerprint density at radius 1 is 1.06 bits per heavy atom. The molecule has 0 saturated carbocycles. The molecule has 1 amide bonds. The monoisotopic (exact) mass is 436 g/mol. The lowest BCUT2D eigenvalue weighted by Crippen LogP contribution is -2.18. The normalized spacial score (nSPS) is 10.8. The van der Waals surface area contributed by atoms with Gasteiger partial charge < -0.3 is 14.2 Å². The molecule has 32 heavy (non-hydrogen) atoms. The predicted molar refractivity (Wildman–Crippen MR) is 124 cm³/mol. The number of hydrogen-bond acceptors (Lipinski definition) is 6. The minimum Gasteiger partial charge on any atom is -0.494 e. The van der Waals surface area contributed by atoms with Crippen LogP contribution in [0.5, 0.6) is 17.2 Å². The number of hydrogen-bond donors (Lipinski definition) is 2. The average molecular weight is 437 g/mol. The highest BCUT2D eigenvalue weighted by Gasteiger charge is 2.11. The largest absolute Gasteiger partial charge is 0.494 e. The van der Waals surface area contributed by atoms with E-state index in [9.17, 15) is 4.79 Å². The van der Waals surface area contributed by atoms with Crippen molar-refractivity contribution in [1.29, 1.82) is 0 Å². The Hall–Kier alpha value is -3.81. The predicted octanol–water partition coefficient (Wildman–Crippen LogP) is 4.43. The van der Waals surface area contributed by atoms with Crippen LogP contribution < -0.4 is 19.6 Å². The van der Waals surface area contributed by atoms with Crippen molar-refractivity contribution in [2.24, 2.45) is 5.10 Å². The number of nitrogens with zero attached hydrogens (tertiary/aromatic N) is 2. The van der Waals surface area contributed by atoms with Gasteiger partial charge in [-0.25, -0.2) is 5.43 Å². The van der Waals surface area contributed by atoms with Gasteiger partial charge in [-0.05, 0) is 60.5 Å². The first-order chi connectivity index (χ1) is 15.6. The van der Waals surface area contributed by atoms with E-state index in [1.165, 1.54) is 12.6 Å². The van der Waals surface area contributed by atoms with Gasteiger partial charge >= 0.3 is 0 Å². The maximum Gasteiger partial charge on any atom is 0.289 e. The summed E-state index contributed by atoms with van der Waals surface area (Å²) < 4.78 is 16.2. The second-order valence-electron chi connectivity index (χ2n) is 7.06. The van der Waals surface area contributed by atoms with Gasteiger partial charge in [0.15, 0.2) is 11.5 Å². The molecule has 0 bridgehead atoms. The summed E-state index contributed by atoms with van der Waals surface area (Å²) in [6.45, 7) is 2.88. The number of carbonyl (C=O) groups is 1. The van der Waals surface area contributed by atoms with Gasteiger partial charge in [-0.3, -0.25) is 9.89 Å². The smallest absolute Gasteiger partial charge is 0.289 e. The van der Waals surface area contributed by atoms with Crippen LogP contribution in [0.15, 0.2) is 53.6 Å². The van der Waals surface area contributed by atoms with Crippen molar-refractivity contribution in [3.05, 3.63) is 59.8 Å². The second kappa shape index (κ2) is 11.5. The van der Waals surface area contributed by atoms with Crippen LogP contribution in [0.2, 0.25) is 0 Å². The molecule has 0 aliphatic carbocycles. The number of unbranched alkanes of at least 4 members (excludes halogenated alkanes) is 2. The number of rotatable bonds is 11. The third-order valence-corrected chi connectivity index (χ3v) is 4.78. The summed E-state index contributed by atoms with van der Waals surface area (Å²) in [5.41, 5.74) is 5.10. The quantitative estimate of drug-likeness (QED) is 0.263. The Balaban J connectivity index is 1.57. The Morgan fingerprint density at radius 2 is 1.84 bits per heavy atom. The number of aromatic amines is 1. The molecule has 3 rings (SSSR count). The molecule has 0 aliphatic heterocycles.